The molecule has 106 valence electrons. The van der Waals surface area contributed by atoms with Gasteiger partial charge in [-0.05, 0) is 19.4 Å². The highest BCUT2D eigenvalue weighted by Gasteiger charge is 2.10. The van der Waals surface area contributed by atoms with Crippen molar-refractivity contribution in [3.63, 3.8) is 0 Å². The van der Waals surface area contributed by atoms with E-state index in [1.54, 1.807) is 0 Å². The van der Waals surface area contributed by atoms with Gasteiger partial charge in [-0.25, -0.2) is 4.79 Å². The molecule has 1 atom stereocenters. The first-order valence-electron chi connectivity index (χ1n) is 6.14. The molecule has 2 rings (SSSR count). The molecule has 1 aromatic heterocycles. The van der Waals surface area contributed by atoms with E-state index in [2.05, 4.69) is 20.8 Å². The first kappa shape index (κ1) is 14.4. The first-order chi connectivity index (χ1) is 9.54. The minimum atomic E-state index is -0.738. The van der Waals surface area contributed by atoms with Crippen molar-refractivity contribution < 1.29 is 9.90 Å². The van der Waals surface area contributed by atoms with Gasteiger partial charge in [-0.2, -0.15) is 0 Å². The molecule has 0 spiro atoms. The summed E-state index contributed by atoms with van der Waals surface area (Å²) in [4.78, 5) is 11.6. The average molecular weight is 292 g/mol. The third kappa shape index (κ3) is 4.01. The van der Waals surface area contributed by atoms with E-state index in [1.807, 2.05) is 38.1 Å². The molecule has 0 aliphatic heterocycles. The molecule has 0 aliphatic carbocycles. The summed E-state index contributed by atoms with van der Waals surface area (Å²) in [5.74, 6) is 0. The monoisotopic (exact) mass is 292 g/mol. The smallest absolute Gasteiger partial charge is 0.321 e. The normalized spacial score (nSPS) is 11.9. The third-order valence-electron chi connectivity index (χ3n) is 2.66. The number of aromatic nitrogens is 2. The summed E-state index contributed by atoms with van der Waals surface area (Å²) in [6, 6.07) is 7.11. The highest BCUT2D eigenvalue weighted by atomic mass is 32.1. The predicted octanol–water partition coefficient (Wildman–Crippen LogP) is 2.01. The Morgan fingerprint density at radius 3 is 2.60 bits per heavy atom. The van der Waals surface area contributed by atoms with Gasteiger partial charge in [-0.15, -0.1) is 10.2 Å². The van der Waals surface area contributed by atoms with Crippen LogP contribution in [0.25, 0.3) is 0 Å². The highest BCUT2D eigenvalue weighted by molar-refractivity contribution is 7.15. The van der Waals surface area contributed by atoms with Crippen molar-refractivity contribution in [1.29, 1.82) is 0 Å². The molecule has 1 aromatic carbocycles. The second kappa shape index (κ2) is 6.44. The van der Waals surface area contributed by atoms with Crippen molar-refractivity contribution in [3.8, 4) is 0 Å². The molecule has 0 fully saturated rings. The number of aryl methyl sites for hydroxylation is 2. The maximum absolute atomic E-state index is 11.6. The van der Waals surface area contributed by atoms with E-state index in [0.717, 1.165) is 16.1 Å². The highest BCUT2D eigenvalue weighted by Crippen LogP contribution is 2.14. The van der Waals surface area contributed by atoms with Crippen molar-refractivity contribution >= 4 is 22.5 Å². The number of aliphatic hydroxyl groups is 1. The van der Waals surface area contributed by atoms with Gasteiger partial charge in [-0.3, -0.25) is 5.32 Å². The number of aliphatic hydroxyl groups excluding tert-OH is 1. The van der Waals surface area contributed by atoms with Crippen LogP contribution in [0.1, 0.15) is 22.2 Å². The molecule has 2 amide bonds. The van der Waals surface area contributed by atoms with Crippen LogP contribution in [-0.4, -0.2) is 27.9 Å². The van der Waals surface area contributed by atoms with Crippen LogP contribution < -0.4 is 10.6 Å². The molecule has 7 heteroatoms. The zero-order valence-corrected chi connectivity index (χ0v) is 12.1. The third-order valence-corrected chi connectivity index (χ3v) is 3.42. The number of carbonyl (C=O) groups is 1. The maximum atomic E-state index is 11.6. The molecule has 2 aromatic rings. The number of urea groups is 1. The predicted molar refractivity (Wildman–Crippen MR) is 77.8 cm³/mol. The Morgan fingerprint density at radius 1 is 1.30 bits per heavy atom. The number of nitrogens with zero attached hydrogens (tertiary/aromatic N) is 2. The topological polar surface area (TPSA) is 87.1 Å². The van der Waals surface area contributed by atoms with Crippen LogP contribution in [-0.2, 0) is 0 Å². The molecule has 0 radical (unpaired) electrons. The summed E-state index contributed by atoms with van der Waals surface area (Å²) in [7, 11) is 0. The van der Waals surface area contributed by atoms with Crippen LogP contribution in [0.4, 0.5) is 9.93 Å². The number of nitrogens with one attached hydrogen (secondary N) is 2. The number of carbonyl (C=O) groups excluding carboxylic acids is 1. The Kier molecular flexibility index (Phi) is 4.65. The molecule has 0 bridgehead atoms. The van der Waals surface area contributed by atoms with Gasteiger partial charge in [-0.1, -0.05) is 41.2 Å². The minimum absolute atomic E-state index is 0.132. The van der Waals surface area contributed by atoms with Crippen LogP contribution in [0.5, 0.6) is 0 Å². The molecular weight excluding hydrogens is 276 g/mol. The van der Waals surface area contributed by atoms with E-state index in [0.29, 0.717) is 5.13 Å². The average Bonchev–Trinajstić information content (AvgIpc) is 2.82. The summed E-state index contributed by atoms with van der Waals surface area (Å²) < 4.78 is 0. The lowest BCUT2D eigenvalue weighted by atomic mass is 10.1. The Morgan fingerprint density at radius 2 is 2.00 bits per heavy atom. The molecule has 1 heterocycles. The summed E-state index contributed by atoms with van der Waals surface area (Å²) in [6.45, 7) is 3.92. The van der Waals surface area contributed by atoms with Crippen molar-refractivity contribution in [2.24, 2.45) is 0 Å². The largest absolute Gasteiger partial charge is 0.387 e. The van der Waals surface area contributed by atoms with Crippen molar-refractivity contribution in [2.75, 3.05) is 11.9 Å². The molecule has 0 aliphatic rings. The van der Waals surface area contributed by atoms with Crippen LogP contribution in [0, 0.1) is 13.8 Å². The lowest BCUT2D eigenvalue weighted by Crippen LogP contribution is -2.32. The first-order valence-corrected chi connectivity index (χ1v) is 6.96. The van der Waals surface area contributed by atoms with E-state index >= 15 is 0 Å². The van der Waals surface area contributed by atoms with E-state index in [-0.39, 0.29) is 6.54 Å². The summed E-state index contributed by atoms with van der Waals surface area (Å²) in [5.41, 5.74) is 1.89. The number of amides is 2. The molecule has 20 heavy (non-hydrogen) atoms. The molecule has 1 unspecified atom stereocenters. The lowest BCUT2D eigenvalue weighted by Gasteiger charge is -2.12. The summed E-state index contributed by atoms with van der Waals surface area (Å²) >= 11 is 1.29. The van der Waals surface area contributed by atoms with E-state index in [9.17, 15) is 9.90 Å². The fraction of sp³-hybridized carbons (Fsp3) is 0.308. The van der Waals surface area contributed by atoms with Gasteiger partial charge in [0.15, 0.2) is 0 Å². The molecular formula is C13H16N4O2S. The Bertz CT molecular complexity index is 582. The van der Waals surface area contributed by atoms with E-state index in [1.165, 1.54) is 11.3 Å². The quantitative estimate of drug-likeness (QED) is 0.804. The van der Waals surface area contributed by atoms with E-state index in [4.69, 9.17) is 0 Å². The number of anilines is 1. The Balaban J connectivity index is 1.82. The van der Waals surface area contributed by atoms with Gasteiger partial charge >= 0.3 is 6.03 Å². The summed E-state index contributed by atoms with van der Waals surface area (Å²) in [5, 5.41) is 23.9. The minimum Gasteiger partial charge on any atom is -0.387 e. The number of benzene rings is 1. The number of hydrogen-bond acceptors (Lipinski definition) is 5. The SMILES string of the molecule is Cc1ccc(C(O)CNC(=O)Nc2nnc(C)s2)cc1. The van der Waals surface area contributed by atoms with Crippen molar-refractivity contribution in [1.82, 2.24) is 15.5 Å². The number of hydrogen-bond donors (Lipinski definition) is 3. The number of rotatable bonds is 4. The van der Waals surface area contributed by atoms with E-state index < -0.39 is 12.1 Å². The van der Waals surface area contributed by atoms with Gasteiger partial charge in [0.05, 0.1) is 6.10 Å². The van der Waals surface area contributed by atoms with Gasteiger partial charge in [0, 0.05) is 6.54 Å². The second-order valence-electron chi connectivity index (χ2n) is 4.39. The molecule has 3 N–H and O–H groups in total. The second-order valence-corrected chi connectivity index (χ2v) is 5.57. The molecule has 0 saturated carbocycles. The van der Waals surface area contributed by atoms with Gasteiger partial charge < -0.3 is 10.4 Å². The van der Waals surface area contributed by atoms with Gasteiger partial charge in [0.2, 0.25) is 5.13 Å². The standard InChI is InChI=1S/C13H16N4O2S/c1-8-3-5-10(6-4-8)11(18)7-14-12(19)15-13-17-16-9(2)20-13/h3-6,11,18H,7H2,1-2H3,(H2,14,15,17,19). The molecule has 6 nitrogen and oxygen atoms in total. The zero-order valence-electron chi connectivity index (χ0n) is 11.3. The maximum Gasteiger partial charge on any atom is 0.321 e. The van der Waals surface area contributed by atoms with Crippen LogP contribution in [0.15, 0.2) is 24.3 Å². The lowest BCUT2D eigenvalue weighted by molar-refractivity contribution is 0.175. The zero-order chi connectivity index (χ0) is 14.5. The van der Waals surface area contributed by atoms with Crippen LogP contribution in [0.3, 0.4) is 0 Å². The van der Waals surface area contributed by atoms with Gasteiger partial charge in [0.25, 0.3) is 0 Å². The van der Waals surface area contributed by atoms with Crippen molar-refractivity contribution in [3.05, 3.63) is 40.4 Å². The fourth-order valence-electron chi connectivity index (χ4n) is 1.58. The van der Waals surface area contributed by atoms with Crippen LogP contribution in [0.2, 0.25) is 0 Å². The van der Waals surface area contributed by atoms with Crippen LogP contribution >= 0.6 is 11.3 Å². The molecule has 0 saturated heterocycles. The Labute approximate surface area is 120 Å². The van der Waals surface area contributed by atoms with Gasteiger partial charge in [0.1, 0.15) is 5.01 Å². The summed E-state index contributed by atoms with van der Waals surface area (Å²) in [6.07, 6.45) is -0.738. The van der Waals surface area contributed by atoms with Crippen molar-refractivity contribution in [2.45, 2.75) is 20.0 Å². The fourth-order valence-corrected chi connectivity index (χ4v) is 2.17. The Hall–Kier alpha value is -1.99.